The molecule has 0 saturated carbocycles. The van der Waals surface area contributed by atoms with Crippen LogP contribution in [0.5, 0.6) is 0 Å². The summed E-state index contributed by atoms with van der Waals surface area (Å²) in [6.07, 6.45) is 1.54. The number of carbonyl (C=O) groups excluding carboxylic acids is 1. The average Bonchev–Trinajstić information content (AvgIpc) is 2.38. The molecule has 20 heavy (non-hydrogen) atoms. The number of hydrogen-bond donors (Lipinski definition) is 1. The van der Waals surface area contributed by atoms with E-state index in [2.05, 4.69) is 32.9 Å². The van der Waals surface area contributed by atoms with Crippen LogP contribution >= 0.6 is 22.6 Å². The maximum absolute atomic E-state index is 12.3. The van der Waals surface area contributed by atoms with Gasteiger partial charge in [0.05, 0.1) is 11.7 Å². The van der Waals surface area contributed by atoms with Gasteiger partial charge in [0.25, 0.3) is 0 Å². The number of amides is 1. The van der Waals surface area contributed by atoms with Gasteiger partial charge in [0.15, 0.2) is 0 Å². The first-order valence-corrected chi connectivity index (χ1v) is 7.76. The number of hydrogen-bond acceptors (Lipinski definition) is 4. The number of nitrogens with zero attached hydrogens (tertiary/aromatic N) is 2. The van der Waals surface area contributed by atoms with Crippen molar-refractivity contribution in [3.63, 3.8) is 0 Å². The second kappa shape index (κ2) is 6.26. The molecule has 110 valence electrons. The van der Waals surface area contributed by atoms with Gasteiger partial charge in [-0.2, -0.15) is 0 Å². The zero-order chi connectivity index (χ0) is 14.8. The smallest absolute Gasteiger partial charge is 0.410 e. The van der Waals surface area contributed by atoms with Crippen LogP contribution in [0.4, 0.5) is 4.79 Å². The summed E-state index contributed by atoms with van der Waals surface area (Å²) in [4.78, 5) is 18.5. The van der Waals surface area contributed by atoms with E-state index in [1.165, 1.54) is 0 Å². The van der Waals surface area contributed by atoms with Crippen LogP contribution in [0, 0.1) is 3.57 Å². The molecule has 1 unspecified atom stereocenters. The van der Waals surface area contributed by atoms with E-state index in [1.54, 1.807) is 4.90 Å². The van der Waals surface area contributed by atoms with E-state index in [0.29, 0.717) is 13.1 Å². The average molecular weight is 389 g/mol. The SMILES string of the molecule is CC(C)(C)OC(=O)N1CCNCC1c1ccc(I)cn1. The van der Waals surface area contributed by atoms with Gasteiger partial charge in [0.1, 0.15) is 5.60 Å². The summed E-state index contributed by atoms with van der Waals surface area (Å²) in [6, 6.07) is 3.90. The Morgan fingerprint density at radius 3 is 2.85 bits per heavy atom. The molecule has 5 nitrogen and oxygen atoms in total. The molecule has 1 aliphatic heterocycles. The topological polar surface area (TPSA) is 54.5 Å². The van der Waals surface area contributed by atoms with Crippen LogP contribution in [0.1, 0.15) is 32.5 Å². The highest BCUT2D eigenvalue weighted by atomic mass is 127. The quantitative estimate of drug-likeness (QED) is 0.751. The van der Waals surface area contributed by atoms with E-state index in [-0.39, 0.29) is 12.1 Å². The molecule has 1 aromatic rings. The fourth-order valence-electron chi connectivity index (χ4n) is 2.09. The molecular formula is C14H20IN3O2. The minimum Gasteiger partial charge on any atom is -0.444 e. The Kier molecular flexibility index (Phi) is 4.85. The van der Waals surface area contributed by atoms with Crippen molar-refractivity contribution in [2.45, 2.75) is 32.4 Å². The van der Waals surface area contributed by atoms with Crippen molar-refractivity contribution >= 4 is 28.7 Å². The fraction of sp³-hybridized carbons (Fsp3) is 0.571. The van der Waals surface area contributed by atoms with Crippen molar-refractivity contribution in [1.82, 2.24) is 15.2 Å². The Labute approximate surface area is 133 Å². The van der Waals surface area contributed by atoms with Crippen molar-refractivity contribution < 1.29 is 9.53 Å². The van der Waals surface area contributed by atoms with Crippen molar-refractivity contribution in [3.8, 4) is 0 Å². The Hall–Kier alpha value is -0.890. The van der Waals surface area contributed by atoms with Gasteiger partial charge in [-0.1, -0.05) is 0 Å². The summed E-state index contributed by atoms with van der Waals surface area (Å²) >= 11 is 2.22. The third kappa shape index (κ3) is 4.05. The van der Waals surface area contributed by atoms with E-state index >= 15 is 0 Å². The maximum Gasteiger partial charge on any atom is 0.410 e. The summed E-state index contributed by atoms with van der Waals surface area (Å²) in [5.74, 6) is 0. The van der Waals surface area contributed by atoms with Gasteiger partial charge in [0, 0.05) is 29.4 Å². The zero-order valence-corrected chi connectivity index (χ0v) is 14.2. The van der Waals surface area contributed by atoms with Crippen molar-refractivity contribution in [2.24, 2.45) is 0 Å². The molecule has 1 aromatic heterocycles. The van der Waals surface area contributed by atoms with Gasteiger partial charge < -0.3 is 10.1 Å². The Balaban J connectivity index is 2.16. The van der Waals surface area contributed by atoms with Crippen LogP contribution < -0.4 is 5.32 Å². The van der Waals surface area contributed by atoms with Gasteiger partial charge >= 0.3 is 6.09 Å². The summed E-state index contributed by atoms with van der Waals surface area (Å²) in [6.45, 7) is 7.75. The first-order chi connectivity index (χ1) is 9.37. The standard InChI is InChI=1S/C14H20IN3O2/c1-14(2,3)20-13(19)18-7-6-16-9-12(18)11-5-4-10(15)8-17-11/h4-5,8,12,16H,6-7,9H2,1-3H3. The van der Waals surface area contributed by atoms with Gasteiger partial charge in [-0.3, -0.25) is 9.88 Å². The maximum atomic E-state index is 12.3. The molecule has 1 aliphatic rings. The predicted octanol–water partition coefficient (Wildman–Crippen LogP) is 2.57. The lowest BCUT2D eigenvalue weighted by molar-refractivity contribution is 0.0113. The summed E-state index contributed by atoms with van der Waals surface area (Å²) in [7, 11) is 0. The molecule has 0 aliphatic carbocycles. The summed E-state index contributed by atoms with van der Waals surface area (Å²) in [5.41, 5.74) is 0.412. The number of pyridine rings is 1. The predicted molar refractivity (Wildman–Crippen MR) is 85.5 cm³/mol. The Morgan fingerprint density at radius 1 is 1.50 bits per heavy atom. The van der Waals surface area contributed by atoms with Gasteiger partial charge in [-0.05, 0) is 55.5 Å². The normalized spacial score (nSPS) is 19.8. The molecular weight excluding hydrogens is 369 g/mol. The van der Waals surface area contributed by atoms with Gasteiger partial charge in [-0.15, -0.1) is 0 Å². The molecule has 1 N–H and O–H groups in total. The molecule has 0 bridgehead atoms. The monoisotopic (exact) mass is 389 g/mol. The highest BCUT2D eigenvalue weighted by Crippen LogP contribution is 2.23. The molecule has 2 heterocycles. The summed E-state index contributed by atoms with van der Waals surface area (Å²) < 4.78 is 6.56. The molecule has 2 rings (SSSR count). The molecule has 1 amide bonds. The molecule has 0 radical (unpaired) electrons. The first kappa shape index (κ1) is 15.5. The third-order valence-corrected chi connectivity index (χ3v) is 3.60. The van der Waals surface area contributed by atoms with E-state index in [4.69, 9.17) is 4.74 Å². The van der Waals surface area contributed by atoms with Gasteiger partial charge in [-0.25, -0.2) is 4.79 Å². The number of aromatic nitrogens is 1. The number of piperazine rings is 1. The largest absolute Gasteiger partial charge is 0.444 e. The van der Waals surface area contributed by atoms with Crippen LogP contribution in [0.2, 0.25) is 0 Å². The highest BCUT2D eigenvalue weighted by molar-refractivity contribution is 14.1. The van der Waals surface area contributed by atoms with Crippen molar-refractivity contribution in [3.05, 3.63) is 27.6 Å². The minimum atomic E-state index is -0.480. The molecule has 0 aromatic carbocycles. The molecule has 0 spiro atoms. The molecule has 1 fully saturated rings. The van der Waals surface area contributed by atoms with Crippen LogP contribution in [-0.4, -0.2) is 41.2 Å². The number of nitrogens with one attached hydrogen (secondary N) is 1. The second-order valence-corrected chi connectivity index (χ2v) is 7.04. The first-order valence-electron chi connectivity index (χ1n) is 6.68. The van der Waals surface area contributed by atoms with E-state index < -0.39 is 5.60 Å². The number of halogens is 1. The van der Waals surface area contributed by atoms with Crippen molar-refractivity contribution in [2.75, 3.05) is 19.6 Å². The third-order valence-electron chi connectivity index (χ3n) is 2.96. The lowest BCUT2D eigenvalue weighted by atomic mass is 10.1. The lowest BCUT2D eigenvalue weighted by Crippen LogP contribution is -2.50. The molecule has 1 atom stereocenters. The second-order valence-electron chi connectivity index (χ2n) is 5.79. The van der Waals surface area contributed by atoms with E-state index in [1.807, 2.05) is 39.1 Å². The summed E-state index contributed by atoms with van der Waals surface area (Å²) in [5, 5.41) is 3.30. The lowest BCUT2D eigenvalue weighted by Gasteiger charge is -2.36. The van der Waals surface area contributed by atoms with Crippen LogP contribution in [0.25, 0.3) is 0 Å². The van der Waals surface area contributed by atoms with E-state index in [9.17, 15) is 4.79 Å². The van der Waals surface area contributed by atoms with Crippen LogP contribution in [-0.2, 0) is 4.74 Å². The highest BCUT2D eigenvalue weighted by Gasteiger charge is 2.31. The Bertz CT molecular complexity index is 470. The van der Waals surface area contributed by atoms with E-state index in [0.717, 1.165) is 15.8 Å². The molecule has 6 heteroatoms. The van der Waals surface area contributed by atoms with Crippen LogP contribution in [0.3, 0.4) is 0 Å². The minimum absolute atomic E-state index is 0.0735. The fourth-order valence-corrected chi connectivity index (χ4v) is 2.41. The van der Waals surface area contributed by atoms with Gasteiger partial charge in [0.2, 0.25) is 0 Å². The number of carbonyl (C=O) groups is 1. The molecule has 1 saturated heterocycles. The Morgan fingerprint density at radius 2 is 2.25 bits per heavy atom. The van der Waals surface area contributed by atoms with Crippen molar-refractivity contribution in [1.29, 1.82) is 0 Å². The number of rotatable bonds is 1. The van der Waals surface area contributed by atoms with Crippen LogP contribution in [0.15, 0.2) is 18.3 Å². The zero-order valence-electron chi connectivity index (χ0n) is 12.0. The number of ether oxygens (including phenoxy) is 1.